The van der Waals surface area contributed by atoms with Gasteiger partial charge in [-0.1, -0.05) is 23.8 Å². The van der Waals surface area contributed by atoms with Crippen LogP contribution < -0.4 is 10.6 Å². The predicted octanol–water partition coefficient (Wildman–Crippen LogP) is 3.35. The molecule has 25 heavy (non-hydrogen) atoms. The molecule has 0 fully saturated rings. The van der Waals surface area contributed by atoms with Crippen LogP contribution in [0.3, 0.4) is 0 Å². The first-order valence-electron chi connectivity index (χ1n) is 7.96. The molecule has 2 heterocycles. The van der Waals surface area contributed by atoms with Crippen molar-refractivity contribution in [2.45, 2.75) is 20.4 Å². The third-order valence-electron chi connectivity index (χ3n) is 3.70. The van der Waals surface area contributed by atoms with Gasteiger partial charge in [0.05, 0.1) is 17.8 Å². The quantitative estimate of drug-likeness (QED) is 0.748. The van der Waals surface area contributed by atoms with Crippen molar-refractivity contribution in [3.05, 3.63) is 77.4 Å². The van der Waals surface area contributed by atoms with Gasteiger partial charge in [-0.05, 0) is 37.6 Å². The molecule has 6 nitrogen and oxygen atoms in total. The number of nitrogens with zero attached hydrogens (tertiary/aromatic N) is 3. The van der Waals surface area contributed by atoms with Gasteiger partial charge in [-0.25, -0.2) is 9.97 Å². The van der Waals surface area contributed by atoms with E-state index in [1.807, 2.05) is 50.2 Å². The molecule has 0 atom stereocenters. The van der Waals surface area contributed by atoms with Crippen LogP contribution in [-0.4, -0.2) is 20.9 Å². The second-order valence-corrected chi connectivity index (χ2v) is 5.74. The minimum absolute atomic E-state index is 0.233. The number of anilines is 2. The monoisotopic (exact) mass is 333 g/mol. The molecule has 0 spiro atoms. The molecule has 2 aromatic heterocycles. The lowest BCUT2D eigenvalue weighted by Gasteiger charge is -2.09. The molecule has 1 aromatic carbocycles. The maximum atomic E-state index is 12.3. The summed E-state index contributed by atoms with van der Waals surface area (Å²) in [6, 6.07) is 11.6. The smallest absolute Gasteiger partial charge is 0.258 e. The minimum Gasteiger partial charge on any atom is -0.349 e. The highest BCUT2D eigenvalue weighted by Crippen LogP contribution is 2.17. The van der Waals surface area contributed by atoms with Crippen molar-refractivity contribution in [1.82, 2.24) is 15.0 Å². The normalized spacial score (nSPS) is 10.3. The molecule has 0 saturated carbocycles. The molecular weight excluding hydrogens is 314 g/mol. The number of amides is 1. The summed E-state index contributed by atoms with van der Waals surface area (Å²) in [6.07, 6.45) is 4.75. The van der Waals surface area contributed by atoms with E-state index < -0.39 is 0 Å². The number of nitrogens with one attached hydrogen (secondary N) is 2. The van der Waals surface area contributed by atoms with Crippen LogP contribution in [0.25, 0.3) is 0 Å². The first kappa shape index (κ1) is 16.6. The Kier molecular flexibility index (Phi) is 4.99. The highest BCUT2D eigenvalue weighted by Gasteiger charge is 2.09. The average Bonchev–Trinajstić information content (AvgIpc) is 2.63. The van der Waals surface area contributed by atoms with Crippen molar-refractivity contribution in [3.63, 3.8) is 0 Å². The summed E-state index contributed by atoms with van der Waals surface area (Å²) in [5.41, 5.74) is 4.25. The first-order valence-corrected chi connectivity index (χ1v) is 7.96. The van der Waals surface area contributed by atoms with Crippen LogP contribution in [0, 0.1) is 13.8 Å². The predicted molar refractivity (Wildman–Crippen MR) is 97.5 cm³/mol. The molecule has 0 aliphatic carbocycles. The van der Waals surface area contributed by atoms with Gasteiger partial charge in [-0.3, -0.25) is 9.78 Å². The number of carbonyl (C=O) groups is 1. The van der Waals surface area contributed by atoms with Crippen LogP contribution in [0.5, 0.6) is 0 Å². The summed E-state index contributed by atoms with van der Waals surface area (Å²) in [5, 5.41) is 5.96. The topological polar surface area (TPSA) is 79.8 Å². The van der Waals surface area contributed by atoms with E-state index in [1.165, 1.54) is 12.4 Å². The molecule has 0 aliphatic heterocycles. The van der Waals surface area contributed by atoms with E-state index in [-0.39, 0.29) is 5.91 Å². The van der Waals surface area contributed by atoms with Crippen LogP contribution in [-0.2, 0) is 6.54 Å². The molecule has 1 amide bonds. The molecule has 0 radical (unpaired) electrons. The molecular formula is C19H19N5O. The van der Waals surface area contributed by atoms with Crippen LogP contribution in [0.1, 0.15) is 27.2 Å². The fraction of sp³-hybridized carbons (Fsp3) is 0.158. The van der Waals surface area contributed by atoms with E-state index in [0.29, 0.717) is 18.1 Å². The highest BCUT2D eigenvalue weighted by atomic mass is 16.1. The van der Waals surface area contributed by atoms with Crippen LogP contribution in [0.4, 0.5) is 11.6 Å². The fourth-order valence-corrected chi connectivity index (χ4v) is 2.36. The Labute approximate surface area is 146 Å². The zero-order valence-electron chi connectivity index (χ0n) is 14.2. The maximum absolute atomic E-state index is 12.3. The van der Waals surface area contributed by atoms with Crippen molar-refractivity contribution in [2.24, 2.45) is 0 Å². The molecule has 3 rings (SSSR count). The van der Waals surface area contributed by atoms with Gasteiger partial charge in [0.1, 0.15) is 0 Å². The van der Waals surface area contributed by atoms with E-state index in [1.54, 1.807) is 6.20 Å². The number of benzene rings is 1. The number of carbonyl (C=O) groups excluding carboxylic acids is 1. The lowest BCUT2D eigenvalue weighted by molar-refractivity contribution is 0.102. The van der Waals surface area contributed by atoms with E-state index in [9.17, 15) is 4.79 Å². The number of hydrogen-bond donors (Lipinski definition) is 2. The molecule has 0 saturated heterocycles. The van der Waals surface area contributed by atoms with Crippen molar-refractivity contribution >= 4 is 17.5 Å². The van der Waals surface area contributed by atoms with Crippen molar-refractivity contribution < 1.29 is 4.79 Å². The van der Waals surface area contributed by atoms with E-state index in [2.05, 4.69) is 25.6 Å². The lowest BCUT2D eigenvalue weighted by Crippen LogP contribution is -2.14. The second kappa shape index (κ2) is 7.53. The number of hydrogen-bond acceptors (Lipinski definition) is 5. The Bertz CT molecular complexity index is 863. The van der Waals surface area contributed by atoms with Gasteiger partial charge in [0, 0.05) is 24.3 Å². The Balaban J connectivity index is 1.62. The molecule has 0 bridgehead atoms. The molecule has 6 heteroatoms. The summed E-state index contributed by atoms with van der Waals surface area (Å²) in [7, 11) is 0. The van der Waals surface area contributed by atoms with Gasteiger partial charge in [0.25, 0.3) is 5.91 Å². The van der Waals surface area contributed by atoms with Crippen LogP contribution >= 0.6 is 0 Å². The lowest BCUT2D eigenvalue weighted by atomic mass is 10.1. The van der Waals surface area contributed by atoms with Gasteiger partial charge in [0.15, 0.2) is 0 Å². The van der Waals surface area contributed by atoms with Gasteiger partial charge >= 0.3 is 0 Å². The second-order valence-electron chi connectivity index (χ2n) is 5.74. The Morgan fingerprint density at radius 1 is 1.04 bits per heavy atom. The number of aromatic nitrogens is 3. The van der Waals surface area contributed by atoms with E-state index >= 15 is 0 Å². The number of pyridine rings is 1. The zero-order chi connectivity index (χ0) is 17.6. The number of rotatable bonds is 5. The summed E-state index contributed by atoms with van der Waals surface area (Å²) < 4.78 is 0. The highest BCUT2D eigenvalue weighted by molar-refractivity contribution is 6.04. The van der Waals surface area contributed by atoms with Gasteiger partial charge < -0.3 is 10.6 Å². The summed E-state index contributed by atoms with van der Waals surface area (Å²) in [4.78, 5) is 24.9. The molecule has 0 unspecified atom stereocenters. The van der Waals surface area contributed by atoms with Gasteiger partial charge in [-0.2, -0.15) is 0 Å². The number of aryl methyl sites for hydroxylation is 2. The van der Waals surface area contributed by atoms with E-state index in [0.717, 1.165) is 22.5 Å². The Morgan fingerprint density at radius 2 is 1.84 bits per heavy atom. The third kappa shape index (κ3) is 4.38. The van der Waals surface area contributed by atoms with Crippen LogP contribution in [0.15, 0.2) is 55.0 Å². The van der Waals surface area contributed by atoms with E-state index in [4.69, 9.17) is 0 Å². The summed E-state index contributed by atoms with van der Waals surface area (Å²) in [6.45, 7) is 4.50. The fourth-order valence-electron chi connectivity index (χ4n) is 2.36. The largest absolute Gasteiger partial charge is 0.349 e. The van der Waals surface area contributed by atoms with Crippen molar-refractivity contribution in [1.29, 1.82) is 0 Å². The van der Waals surface area contributed by atoms with Crippen molar-refractivity contribution in [3.8, 4) is 0 Å². The molecule has 2 N–H and O–H groups in total. The first-order chi connectivity index (χ1) is 12.1. The molecule has 0 aliphatic rings. The van der Waals surface area contributed by atoms with Crippen LogP contribution in [0.2, 0.25) is 0 Å². The Hall–Kier alpha value is -3.28. The summed E-state index contributed by atoms with van der Waals surface area (Å²) in [5.74, 6) is 0.219. The summed E-state index contributed by atoms with van der Waals surface area (Å²) >= 11 is 0. The third-order valence-corrected chi connectivity index (χ3v) is 3.70. The Morgan fingerprint density at radius 3 is 2.52 bits per heavy atom. The molecule has 126 valence electrons. The standard InChI is InChI=1S/C19H19N5O/c1-13-6-7-17(14(2)9-13)24-18(25)15-10-21-19(22-11-15)23-12-16-5-3-4-8-20-16/h3-11H,12H2,1-2H3,(H,24,25)(H,21,22,23). The minimum atomic E-state index is -0.233. The van der Waals surface area contributed by atoms with Crippen molar-refractivity contribution in [2.75, 3.05) is 10.6 Å². The maximum Gasteiger partial charge on any atom is 0.258 e. The SMILES string of the molecule is Cc1ccc(NC(=O)c2cnc(NCc3ccccn3)nc2)c(C)c1. The zero-order valence-corrected chi connectivity index (χ0v) is 14.2. The molecule has 3 aromatic rings. The average molecular weight is 333 g/mol. The van der Waals surface area contributed by atoms with Gasteiger partial charge in [0.2, 0.25) is 5.95 Å². The van der Waals surface area contributed by atoms with Gasteiger partial charge in [-0.15, -0.1) is 0 Å².